The van der Waals surface area contributed by atoms with Crippen LogP contribution in [0.2, 0.25) is 0 Å². The highest BCUT2D eigenvalue weighted by Gasteiger charge is 2.64. The highest BCUT2D eigenvalue weighted by molar-refractivity contribution is 14.1. The van der Waals surface area contributed by atoms with Gasteiger partial charge in [0.25, 0.3) is 0 Å². The molecule has 0 unspecified atom stereocenters. The van der Waals surface area contributed by atoms with Gasteiger partial charge in [-0.05, 0) is 105 Å². The van der Waals surface area contributed by atoms with E-state index in [1.807, 2.05) is 0 Å². The van der Waals surface area contributed by atoms with Crippen molar-refractivity contribution in [3.63, 3.8) is 0 Å². The molecule has 5 aliphatic rings. The van der Waals surface area contributed by atoms with Gasteiger partial charge in [-0.1, -0.05) is 56.2 Å². The van der Waals surface area contributed by atoms with Gasteiger partial charge in [-0.2, -0.15) is 0 Å². The third-order valence-electron chi connectivity index (χ3n) is 10.9. The maximum Gasteiger partial charge on any atom is 0.214 e. The predicted octanol–water partition coefficient (Wildman–Crippen LogP) is 6.31. The van der Waals surface area contributed by atoms with Crippen molar-refractivity contribution in [2.75, 3.05) is 6.54 Å². The highest BCUT2D eigenvalue weighted by atomic mass is 127. The van der Waals surface area contributed by atoms with E-state index < -0.39 is 10.0 Å². The average Bonchev–Trinajstić information content (AvgIpc) is 3.53. The number of rotatable bonds is 4. The predicted molar refractivity (Wildman–Crippen MR) is 132 cm³/mol. The van der Waals surface area contributed by atoms with Crippen molar-refractivity contribution in [2.45, 2.75) is 106 Å². The lowest BCUT2D eigenvalue weighted by Crippen LogP contribution is -2.63. The third kappa shape index (κ3) is 3.45. The summed E-state index contributed by atoms with van der Waals surface area (Å²) in [6, 6.07) is 0. The van der Waals surface area contributed by atoms with Crippen LogP contribution in [0.3, 0.4) is 0 Å². The molecule has 5 saturated carbocycles. The Bertz CT molecular complexity index is 782. The van der Waals surface area contributed by atoms with E-state index in [4.69, 9.17) is 0 Å². The number of alkyl halides is 1. The zero-order chi connectivity index (χ0) is 21.4. The summed E-state index contributed by atoms with van der Waals surface area (Å²) >= 11 is 2.95. The van der Waals surface area contributed by atoms with Crippen LogP contribution in [0, 0.1) is 40.4 Å². The molecule has 0 saturated heterocycles. The van der Waals surface area contributed by atoms with Gasteiger partial charge in [0.05, 0.1) is 5.25 Å². The molecule has 30 heavy (non-hydrogen) atoms. The van der Waals surface area contributed by atoms with Crippen molar-refractivity contribution in [1.82, 2.24) is 4.72 Å². The van der Waals surface area contributed by atoms with Crippen LogP contribution < -0.4 is 4.72 Å². The summed E-state index contributed by atoms with van der Waals surface area (Å²) < 4.78 is 28.5. The Hall–Kier alpha value is 0.640. The molecule has 5 fully saturated rings. The van der Waals surface area contributed by atoms with Crippen molar-refractivity contribution in [1.29, 1.82) is 0 Å². The molecule has 0 aromatic rings. The van der Waals surface area contributed by atoms with Gasteiger partial charge in [0, 0.05) is 9.97 Å². The molecule has 1 N–H and O–H groups in total. The second-order valence-corrected chi connectivity index (χ2v) is 16.5. The van der Waals surface area contributed by atoms with Gasteiger partial charge in [-0.15, -0.1) is 0 Å². The fraction of sp³-hybridized carbons (Fsp3) is 1.00. The van der Waals surface area contributed by atoms with Crippen molar-refractivity contribution < 1.29 is 8.42 Å². The summed E-state index contributed by atoms with van der Waals surface area (Å²) in [6.07, 6.45) is 15.4. The van der Waals surface area contributed by atoms with Crippen LogP contribution >= 0.6 is 22.6 Å². The van der Waals surface area contributed by atoms with E-state index >= 15 is 0 Å². The first-order valence-corrected chi connectivity index (χ1v) is 15.4. The van der Waals surface area contributed by atoms with Gasteiger partial charge in [0.15, 0.2) is 0 Å². The fourth-order valence-electron chi connectivity index (χ4n) is 8.83. The lowest BCUT2D eigenvalue weighted by molar-refractivity contribution is -0.121. The lowest BCUT2D eigenvalue weighted by atomic mass is 9.41. The molecule has 5 rings (SSSR count). The van der Waals surface area contributed by atoms with E-state index in [-0.39, 0.29) is 5.25 Å². The molecular weight excluding hydrogens is 505 g/mol. The monoisotopic (exact) mass is 547 g/mol. The lowest BCUT2D eigenvalue weighted by Gasteiger charge is -2.67. The van der Waals surface area contributed by atoms with Crippen LogP contribution in [0.15, 0.2) is 0 Å². The maximum absolute atomic E-state index is 12.5. The molecule has 0 aliphatic heterocycles. The largest absolute Gasteiger partial charge is 0.215 e. The van der Waals surface area contributed by atoms with Gasteiger partial charge in [-0.3, -0.25) is 0 Å². The van der Waals surface area contributed by atoms with E-state index in [0.29, 0.717) is 26.7 Å². The van der Waals surface area contributed by atoms with E-state index in [9.17, 15) is 8.42 Å². The van der Waals surface area contributed by atoms with E-state index in [0.717, 1.165) is 36.5 Å². The van der Waals surface area contributed by atoms with Crippen LogP contribution in [0.25, 0.3) is 0 Å². The molecule has 5 aliphatic carbocycles. The van der Waals surface area contributed by atoms with E-state index in [1.165, 1.54) is 64.2 Å². The van der Waals surface area contributed by atoms with Crippen molar-refractivity contribution >= 4 is 32.6 Å². The minimum absolute atomic E-state index is 0.0970. The van der Waals surface area contributed by atoms with E-state index in [2.05, 4.69) is 48.1 Å². The molecule has 0 radical (unpaired) electrons. The second-order valence-electron chi connectivity index (χ2n) is 12.4. The minimum Gasteiger partial charge on any atom is -0.215 e. The fourth-order valence-corrected chi connectivity index (χ4v) is 12.6. The van der Waals surface area contributed by atoms with Gasteiger partial charge < -0.3 is 0 Å². The van der Waals surface area contributed by atoms with Crippen molar-refractivity contribution in [3.8, 4) is 0 Å². The zero-order valence-electron chi connectivity index (χ0n) is 19.3. The number of hydrogen-bond donors (Lipinski definition) is 1. The Morgan fingerprint density at radius 2 is 1.60 bits per heavy atom. The third-order valence-corrected chi connectivity index (χ3v) is 14.8. The number of fused-ring (bicyclic) bond motifs is 5. The molecule has 0 heterocycles. The summed E-state index contributed by atoms with van der Waals surface area (Å²) in [5.74, 6) is 3.97. The van der Waals surface area contributed by atoms with Crippen LogP contribution in [-0.2, 0) is 10.0 Å². The Labute approximate surface area is 198 Å². The molecule has 0 spiro atoms. The van der Waals surface area contributed by atoms with Crippen molar-refractivity contribution in [2.24, 2.45) is 40.4 Å². The van der Waals surface area contributed by atoms with Gasteiger partial charge in [-0.25, -0.2) is 13.1 Å². The molecule has 3 nitrogen and oxygen atoms in total. The number of nitrogens with one attached hydrogen (secondary N) is 1. The van der Waals surface area contributed by atoms with E-state index in [1.54, 1.807) is 0 Å². The SMILES string of the molecule is C[C@H]1CC[C@@]2(C)[C@H](CC[C@]3(I)[C@@H]2CC[C@]2(C)[C@@H](CNS(=O)(=O)C4CC4)CCC[C@H]23)C1. The van der Waals surface area contributed by atoms with Gasteiger partial charge in [0.2, 0.25) is 10.0 Å². The van der Waals surface area contributed by atoms with Gasteiger partial charge >= 0.3 is 0 Å². The minimum atomic E-state index is -3.07. The maximum atomic E-state index is 12.5. The molecule has 0 aromatic carbocycles. The Balaban J connectivity index is 1.38. The first kappa shape index (κ1) is 22.4. The topological polar surface area (TPSA) is 46.2 Å². The van der Waals surface area contributed by atoms with Crippen molar-refractivity contribution in [3.05, 3.63) is 0 Å². The molecule has 5 heteroatoms. The van der Waals surface area contributed by atoms with Gasteiger partial charge in [0.1, 0.15) is 0 Å². The molecule has 8 atom stereocenters. The first-order valence-electron chi connectivity index (χ1n) is 12.8. The highest BCUT2D eigenvalue weighted by Crippen LogP contribution is 2.70. The van der Waals surface area contributed by atoms with Crippen LogP contribution in [0.1, 0.15) is 97.8 Å². The van der Waals surface area contributed by atoms with Crippen LogP contribution in [0.4, 0.5) is 0 Å². The standard InChI is InChI=1S/C25H42INO2S/c1-17-9-12-23(2)18(15-17)10-14-25(26)21-6-4-5-19(24(21,3)13-11-22(23)25)16-27-30(28,29)20-7-8-20/h17-22,27H,4-16H2,1-3H3/t17-,18+,19+,21+,22+,23-,24+,25+/m0/s1. The average molecular weight is 548 g/mol. The molecule has 0 bridgehead atoms. The summed E-state index contributed by atoms with van der Waals surface area (Å²) in [6.45, 7) is 8.35. The summed E-state index contributed by atoms with van der Waals surface area (Å²) in [4.78, 5) is 0. The normalized spacial score (nSPS) is 51.5. The summed E-state index contributed by atoms with van der Waals surface area (Å²) in [5, 5.41) is -0.0970. The van der Waals surface area contributed by atoms with Crippen LogP contribution in [-0.4, -0.2) is 23.6 Å². The Morgan fingerprint density at radius 1 is 0.900 bits per heavy atom. The summed E-state index contributed by atoms with van der Waals surface area (Å²) in [7, 11) is -3.07. The molecule has 172 valence electrons. The molecular formula is C25H42INO2S. The molecule has 0 aromatic heterocycles. The quantitative estimate of drug-likeness (QED) is 0.331. The number of halogens is 1. The Kier molecular flexibility index (Phi) is 5.67. The zero-order valence-corrected chi connectivity index (χ0v) is 22.2. The number of sulfonamides is 1. The summed E-state index contributed by atoms with van der Waals surface area (Å²) in [5.41, 5.74) is 0.834. The Morgan fingerprint density at radius 3 is 2.33 bits per heavy atom. The molecule has 0 amide bonds. The van der Waals surface area contributed by atoms with Crippen LogP contribution in [0.5, 0.6) is 0 Å². The first-order chi connectivity index (χ1) is 14.1. The second kappa shape index (κ2) is 7.58. The smallest absolute Gasteiger partial charge is 0.214 e. The number of hydrogen-bond acceptors (Lipinski definition) is 2.